The van der Waals surface area contributed by atoms with Crippen LogP contribution in [0.15, 0.2) is 11.6 Å². The highest BCUT2D eigenvalue weighted by molar-refractivity contribution is 5.05. The minimum Gasteiger partial charge on any atom is -0.311 e. The fourth-order valence-corrected chi connectivity index (χ4v) is 1.82. The summed E-state index contributed by atoms with van der Waals surface area (Å²) in [4.78, 5) is 0. The zero-order valence-corrected chi connectivity index (χ0v) is 10.0. The molecule has 0 unspecified atom stereocenters. The molecule has 0 saturated heterocycles. The van der Waals surface area contributed by atoms with Crippen molar-refractivity contribution in [3.8, 4) is 0 Å². The third-order valence-corrected chi connectivity index (χ3v) is 3.32. The maximum absolute atomic E-state index is 3.62. The third-order valence-electron chi connectivity index (χ3n) is 3.32. The van der Waals surface area contributed by atoms with Crippen LogP contribution in [0.1, 0.15) is 59.3 Å². The first-order chi connectivity index (χ1) is 6.64. The molecule has 82 valence electrons. The lowest BCUT2D eigenvalue weighted by molar-refractivity contribution is 0.378. The van der Waals surface area contributed by atoms with Crippen molar-refractivity contribution < 1.29 is 0 Å². The fraction of sp³-hybridized carbons (Fsp3) is 0.846. The Bertz CT molecular complexity index is 191. The first-order valence-electron chi connectivity index (χ1n) is 6.07. The van der Waals surface area contributed by atoms with Gasteiger partial charge >= 0.3 is 0 Å². The molecule has 0 bridgehead atoms. The molecule has 0 aliphatic heterocycles. The summed E-state index contributed by atoms with van der Waals surface area (Å²) in [5.74, 6) is 0. The number of hydrogen-bond acceptors (Lipinski definition) is 1. The van der Waals surface area contributed by atoms with Crippen molar-refractivity contribution in [2.75, 3.05) is 6.54 Å². The largest absolute Gasteiger partial charge is 0.311 e. The SMILES string of the molecule is CCC(C)(C)NCCC1=CCCCC1. The molecule has 1 heteroatoms. The van der Waals surface area contributed by atoms with Gasteiger partial charge in [-0.15, -0.1) is 0 Å². The lowest BCUT2D eigenvalue weighted by Crippen LogP contribution is -2.39. The third kappa shape index (κ3) is 4.28. The maximum atomic E-state index is 3.62. The molecule has 0 aromatic carbocycles. The van der Waals surface area contributed by atoms with E-state index in [0.29, 0.717) is 5.54 Å². The van der Waals surface area contributed by atoms with Crippen LogP contribution in [-0.2, 0) is 0 Å². The predicted octanol–water partition coefficient (Wildman–Crippen LogP) is 3.66. The molecule has 1 rings (SSSR count). The van der Waals surface area contributed by atoms with Gasteiger partial charge in [0.25, 0.3) is 0 Å². The van der Waals surface area contributed by atoms with E-state index in [1.165, 1.54) is 38.5 Å². The zero-order valence-electron chi connectivity index (χ0n) is 10.0. The Labute approximate surface area is 89.0 Å². The van der Waals surface area contributed by atoms with E-state index < -0.39 is 0 Å². The normalized spacial score (nSPS) is 18.1. The summed E-state index contributed by atoms with van der Waals surface area (Å²) < 4.78 is 0. The van der Waals surface area contributed by atoms with E-state index in [1.807, 2.05) is 0 Å². The molecule has 0 aromatic rings. The molecule has 0 amide bonds. The van der Waals surface area contributed by atoms with Crippen LogP contribution in [0.5, 0.6) is 0 Å². The average Bonchev–Trinajstić information content (AvgIpc) is 2.19. The molecule has 0 heterocycles. The maximum Gasteiger partial charge on any atom is 0.0122 e. The fourth-order valence-electron chi connectivity index (χ4n) is 1.82. The number of allylic oxidation sites excluding steroid dienone is 1. The van der Waals surface area contributed by atoms with Gasteiger partial charge in [-0.1, -0.05) is 18.6 Å². The summed E-state index contributed by atoms with van der Waals surface area (Å²) in [5.41, 5.74) is 1.99. The first-order valence-corrected chi connectivity index (χ1v) is 6.07. The van der Waals surface area contributed by atoms with E-state index in [1.54, 1.807) is 5.57 Å². The molecule has 0 atom stereocenters. The zero-order chi connectivity index (χ0) is 10.4. The van der Waals surface area contributed by atoms with E-state index in [2.05, 4.69) is 32.2 Å². The van der Waals surface area contributed by atoms with Crippen LogP contribution < -0.4 is 5.32 Å². The van der Waals surface area contributed by atoms with E-state index >= 15 is 0 Å². The van der Waals surface area contributed by atoms with Gasteiger partial charge in [-0.05, 0) is 58.9 Å². The Morgan fingerprint density at radius 3 is 2.71 bits per heavy atom. The summed E-state index contributed by atoms with van der Waals surface area (Å²) in [6.45, 7) is 7.95. The second-order valence-electron chi connectivity index (χ2n) is 5.02. The van der Waals surface area contributed by atoms with Crippen molar-refractivity contribution in [3.63, 3.8) is 0 Å². The van der Waals surface area contributed by atoms with Crippen LogP contribution in [0.2, 0.25) is 0 Å². The first kappa shape index (κ1) is 11.8. The highest BCUT2D eigenvalue weighted by Gasteiger charge is 2.13. The molecular weight excluding hydrogens is 170 g/mol. The van der Waals surface area contributed by atoms with Crippen molar-refractivity contribution in [1.29, 1.82) is 0 Å². The number of rotatable bonds is 5. The van der Waals surface area contributed by atoms with Crippen molar-refractivity contribution in [2.45, 2.75) is 64.8 Å². The molecule has 1 aliphatic rings. The Balaban J connectivity index is 2.17. The van der Waals surface area contributed by atoms with Crippen LogP contribution in [0.4, 0.5) is 0 Å². The van der Waals surface area contributed by atoms with Crippen LogP contribution in [0, 0.1) is 0 Å². The molecule has 0 saturated carbocycles. The minimum atomic E-state index is 0.315. The summed E-state index contributed by atoms with van der Waals surface area (Å²) in [6, 6.07) is 0. The van der Waals surface area contributed by atoms with Crippen molar-refractivity contribution in [3.05, 3.63) is 11.6 Å². The van der Waals surface area contributed by atoms with Gasteiger partial charge in [0.2, 0.25) is 0 Å². The Morgan fingerprint density at radius 2 is 2.14 bits per heavy atom. The molecule has 14 heavy (non-hydrogen) atoms. The lowest BCUT2D eigenvalue weighted by atomic mass is 9.96. The van der Waals surface area contributed by atoms with Crippen LogP contribution >= 0.6 is 0 Å². The van der Waals surface area contributed by atoms with Crippen molar-refractivity contribution in [2.24, 2.45) is 0 Å². The lowest BCUT2D eigenvalue weighted by Gasteiger charge is -2.25. The summed E-state index contributed by atoms with van der Waals surface area (Å²) in [5, 5.41) is 3.62. The van der Waals surface area contributed by atoms with Gasteiger partial charge in [0, 0.05) is 5.54 Å². The Morgan fingerprint density at radius 1 is 1.36 bits per heavy atom. The van der Waals surface area contributed by atoms with Gasteiger partial charge in [0.1, 0.15) is 0 Å². The van der Waals surface area contributed by atoms with Gasteiger partial charge in [-0.2, -0.15) is 0 Å². The van der Waals surface area contributed by atoms with Gasteiger partial charge in [0.15, 0.2) is 0 Å². The van der Waals surface area contributed by atoms with Crippen LogP contribution in [0.25, 0.3) is 0 Å². The Hall–Kier alpha value is -0.300. The molecule has 1 nitrogen and oxygen atoms in total. The smallest absolute Gasteiger partial charge is 0.0122 e. The average molecular weight is 195 g/mol. The summed E-state index contributed by atoms with van der Waals surface area (Å²) >= 11 is 0. The number of nitrogens with one attached hydrogen (secondary N) is 1. The van der Waals surface area contributed by atoms with Crippen molar-refractivity contribution >= 4 is 0 Å². The molecule has 1 aliphatic carbocycles. The van der Waals surface area contributed by atoms with Crippen molar-refractivity contribution in [1.82, 2.24) is 5.32 Å². The van der Waals surface area contributed by atoms with E-state index in [9.17, 15) is 0 Å². The van der Waals surface area contributed by atoms with E-state index in [0.717, 1.165) is 6.54 Å². The molecule has 0 spiro atoms. The molecule has 0 radical (unpaired) electrons. The van der Waals surface area contributed by atoms with Gasteiger partial charge in [-0.25, -0.2) is 0 Å². The second kappa shape index (κ2) is 5.55. The summed E-state index contributed by atoms with van der Waals surface area (Å²) in [7, 11) is 0. The minimum absolute atomic E-state index is 0.315. The van der Waals surface area contributed by atoms with Gasteiger partial charge < -0.3 is 5.32 Å². The summed E-state index contributed by atoms with van der Waals surface area (Å²) in [6.07, 6.45) is 10.4. The number of hydrogen-bond donors (Lipinski definition) is 1. The standard InChI is InChI=1S/C13H25N/c1-4-13(2,3)14-11-10-12-8-6-5-7-9-12/h8,14H,4-7,9-11H2,1-3H3. The van der Waals surface area contributed by atoms with E-state index in [4.69, 9.17) is 0 Å². The highest BCUT2D eigenvalue weighted by atomic mass is 14.9. The highest BCUT2D eigenvalue weighted by Crippen LogP contribution is 2.19. The van der Waals surface area contributed by atoms with Gasteiger partial charge in [-0.3, -0.25) is 0 Å². The Kier molecular flexibility index (Phi) is 4.67. The molecule has 1 N–H and O–H groups in total. The predicted molar refractivity (Wildman–Crippen MR) is 63.5 cm³/mol. The van der Waals surface area contributed by atoms with Gasteiger partial charge in [0.05, 0.1) is 0 Å². The monoisotopic (exact) mass is 195 g/mol. The quantitative estimate of drug-likeness (QED) is 0.660. The topological polar surface area (TPSA) is 12.0 Å². The molecular formula is C13H25N. The second-order valence-corrected chi connectivity index (χ2v) is 5.02. The van der Waals surface area contributed by atoms with Crippen LogP contribution in [-0.4, -0.2) is 12.1 Å². The van der Waals surface area contributed by atoms with E-state index in [-0.39, 0.29) is 0 Å². The molecule has 0 fully saturated rings. The molecule has 0 aromatic heterocycles. The van der Waals surface area contributed by atoms with Crippen LogP contribution in [0.3, 0.4) is 0 Å².